The monoisotopic (exact) mass is 379 g/mol. The van der Waals surface area contributed by atoms with E-state index in [1.807, 2.05) is 0 Å². The van der Waals surface area contributed by atoms with Crippen LogP contribution in [-0.4, -0.2) is 35.5 Å². The SMILES string of the molecule is COC(=O)N1CCc2c(cncc2C(=O)Nc2cc(Cl)cc(Cl)c2)C1. The number of halogens is 2. The van der Waals surface area contributed by atoms with E-state index in [9.17, 15) is 9.59 Å². The van der Waals surface area contributed by atoms with Crippen LogP contribution in [0.2, 0.25) is 10.0 Å². The van der Waals surface area contributed by atoms with Gasteiger partial charge in [0.1, 0.15) is 0 Å². The topological polar surface area (TPSA) is 71.5 Å². The lowest BCUT2D eigenvalue weighted by molar-refractivity contribution is 0.102. The summed E-state index contributed by atoms with van der Waals surface area (Å²) in [6.07, 6.45) is 3.34. The first-order valence-corrected chi connectivity index (χ1v) is 8.29. The molecular weight excluding hydrogens is 365 g/mol. The molecule has 0 atom stereocenters. The van der Waals surface area contributed by atoms with E-state index in [0.717, 1.165) is 11.1 Å². The largest absolute Gasteiger partial charge is 0.453 e. The number of aromatic nitrogens is 1. The fraction of sp³-hybridized carbons (Fsp3) is 0.235. The van der Waals surface area contributed by atoms with Crippen molar-refractivity contribution in [2.75, 3.05) is 19.0 Å². The second-order valence-electron chi connectivity index (χ2n) is 5.58. The Bertz CT molecular complexity index is 822. The predicted molar refractivity (Wildman–Crippen MR) is 95.2 cm³/mol. The smallest absolute Gasteiger partial charge is 0.409 e. The first-order valence-electron chi connectivity index (χ1n) is 7.54. The summed E-state index contributed by atoms with van der Waals surface area (Å²) in [5.74, 6) is -0.297. The summed E-state index contributed by atoms with van der Waals surface area (Å²) < 4.78 is 4.75. The molecule has 8 heteroatoms. The number of nitrogens with one attached hydrogen (secondary N) is 1. The standard InChI is InChI=1S/C17H15Cl2N3O3/c1-25-17(24)22-3-2-14-10(9-22)7-20-8-15(14)16(23)21-13-5-11(18)4-12(19)6-13/h4-8H,2-3,9H2,1H3,(H,21,23). The third-order valence-corrected chi connectivity index (χ3v) is 4.37. The van der Waals surface area contributed by atoms with Crippen LogP contribution in [0.15, 0.2) is 30.6 Å². The van der Waals surface area contributed by atoms with Gasteiger partial charge in [-0.1, -0.05) is 23.2 Å². The minimum absolute atomic E-state index is 0.297. The van der Waals surface area contributed by atoms with Gasteiger partial charge in [0.15, 0.2) is 0 Å². The third kappa shape index (κ3) is 3.86. The van der Waals surface area contributed by atoms with Gasteiger partial charge in [-0.3, -0.25) is 9.78 Å². The van der Waals surface area contributed by atoms with Crippen molar-refractivity contribution in [2.24, 2.45) is 0 Å². The highest BCUT2D eigenvalue weighted by Crippen LogP contribution is 2.25. The van der Waals surface area contributed by atoms with Crippen molar-refractivity contribution >= 4 is 40.9 Å². The molecule has 0 aliphatic carbocycles. The van der Waals surface area contributed by atoms with Gasteiger partial charge in [-0.15, -0.1) is 0 Å². The Hall–Kier alpha value is -2.31. The zero-order chi connectivity index (χ0) is 18.0. The Morgan fingerprint density at radius 2 is 1.92 bits per heavy atom. The van der Waals surface area contributed by atoms with Crippen LogP contribution < -0.4 is 5.32 Å². The lowest BCUT2D eigenvalue weighted by Crippen LogP contribution is -2.36. The summed E-state index contributed by atoms with van der Waals surface area (Å²) >= 11 is 11.9. The first-order chi connectivity index (χ1) is 12.0. The number of pyridine rings is 1. The van der Waals surface area contributed by atoms with Crippen LogP contribution in [0.25, 0.3) is 0 Å². The predicted octanol–water partition coefficient (Wildman–Crippen LogP) is 3.77. The van der Waals surface area contributed by atoms with E-state index >= 15 is 0 Å². The highest BCUT2D eigenvalue weighted by molar-refractivity contribution is 6.35. The number of nitrogens with zero attached hydrogens (tertiary/aromatic N) is 2. The van der Waals surface area contributed by atoms with Crippen LogP contribution >= 0.6 is 23.2 Å². The molecule has 1 aliphatic heterocycles. The Kier molecular flexibility index (Phi) is 5.11. The molecule has 1 aliphatic rings. The van der Waals surface area contributed by atoms with E-state index in [0.29, 0.717) is 40.8 Å². The molecule has 0 spiro atoms. The van der Waals surface area contributed by atoms with Crippen molar-refractivity contribution in [2.45, 2.75) is 13.0 Å². The van der Waals surface area contributed by atoms with Crippen molar-refractivity contribution < 1.29 is 14.3 Å². The fourth-order valence-electron chi connectivity index (χ4n) is 2.80. The number of carbonyl (C=O) groups excluding carboxylic acids is 2. The van der Waals surface area contributed by atoms with Gasteiger partial charge in [-0.25, -0.2) is 4.79 Å². The molecule has 0 fully saturated rings. The number of anilines is 1. The van der Waals surface area contributed by atoms with E-state index in [4.69, 9.17) is 27.9 Å². The number of carbonyl (C=O) groups is 2. The molecule has 6 nitrogen and oxygen atoms in total. The van der Waals surface area contributed by atoms with Crippen LogP contribution in [0.5, 0.6) is 0 Å². The fourth-order valence-corrected chi connectivity index (χ4v) is 3.32. The van der Waals surface area contributed by atoms with Crippen LogP contribution in [0.1, 0.15) is 21.5 Å². The average Bonchev–Trinajstić information content (AvgIpc) is 2.59. The lowest BCUT2D eigenvalue weighted by Gasteiger charge is -2.28. The maximum Gasteiger partial charge on any atom is 0.409 e. The van der Waals surface area contributed by atoms with E-state index in [1.165, 1.54) is 13.3 Å². The molecule has 0 unspecified atom stereocenters. The second kappa shape index (κ2) is 7.29. The summed E-state index contributed by atoms with van der Waals surface area (Å²) in [6.45, 7) is 0.839. The Morgan fingerprint density at radius 3 is 2.60 bits per heavy atom. The molecule has 1 N–H and O–H groups in total. The Morgan fingerprint density at radius 1 is 1.20 bits per heavy atom. The highest BCUT2D eigenvalue weighted by atomic mass is 35.5. The van der Waals surface area contributed by atoms with Crippen LogP contribution in [0, 0.1) is 0 Å². The number of hydrogen-bond acceptors (Lipinski definition) is 4. The van der Waals surface area contributed by atoms with Crippen molar-refractivity contribution in [3.05, 3.63) is 57.3 Å². The molecule has 2 aromatic rings. The van der Waals surface area contributed by atoms with Crippen molar-refractivity contribution in [3.63, 3.8) is 0 Å². The molecule has 0 bridgehead atoms. The molecule has 1 aromatic heterocycles. The minimum atomic E-state index is -0.394. The van der Waals surface area contributed by atoms with Gasteiger partial charge in [-0.05, 0) is 35.7 Å². The number of amides is 2. The quantitative estimate of drug-likeness (QED) is 0.861. The second-order valence-corrected chi connectivity index (χ2v) is 6.45. The molecule has 130 valence electrons. The van der Waals surface area contributed by atoms with Crippen LogP contribution in [0.3, 0.4) is 0 Å². The summed E-state index contributed by atoms with van der Waals surface area (Å²) in [6, 6.07) is 4.83. The number of fused-ring (bicyclic) bond motifs is 1. The summed E-state index contributed by atoms with van der Waals surface area (Å²) in [5.41, 5.74) is 2.68. The number of ether oxygens (including phenoxy) is 1. The van der Waals surface area contributed by atoms with Crippen molar-refractivity contribution in [3.8, 4) is 0 Å². The molecule has 0 saturated carbocycles. The van der Waals surface area contributed by atoms with Crippen LogP contribution in [-0.2, 0) is 17.7 Å². The average molecular weight is 380 g/mol. The highest BCUT2D eigenvalue weighted by Gasteiger charge is 2.25. The minimum Gasteiger partial charge on any atom is -0.453 e. The Labute approximate surface area is 154 Å². The van der Waals surface area contributed by atoms with Gasteiger partial charge >= 0.3 is 6.09 Å². The van der Waals surface area contributed by atoms with Crippen molar-refractivity contribution in [1.82, 2.24) is 9.88 Å². The van der Waals surface area contributed by atoms with Gasteiger partial charge in [-0.2, -0.15) is 0 Å². The number of rotatable bonds is 2. The van der Waals surface area contributed by atoms with E-state index in [-0.39, 0.29) is 5.91 Å². The maximum absolute atomic E-state index is 12.6. The molecule has 2 amide bonds. The molecular formula is C17H15Cl2N3O3. The van der Waals surface area contributed by atoms with Gasteiger partial charge in [0.05, 0.1) is 19.2 Å². The first kappa shape index (κ1) is 17.5. The number of benzene rings is 1. The van der Waals surface area contributed by atoms with Gasteiger partial charge in [0.2, 0.25) is 0 Å². The number of hydrogen-bond donors (Lipinski definition) is 1. The van der Waals surface area contributed by atoms with E-state index < -0.39 is 6.09 Å². The van der Waals surface area contributed by atoms with Gasteiger partial charge in [0.25, 0.3) is 5.91 Å². The summed E-state index contributed by atoms with van der Waals surface area (Å²) in [7, 11) is 1.34. The molecule has 25 heavy (non-hydrogen) atoms. The molecule has 0 saturated heterocycles. The summed E-state index contributed by atoms with van der Waals surface area (Å²) in [4.78, 5) is 30.0. The molecule has 1 aromatic carbocycles. The zero-order valence-electron chi connectivity index (χ0n) is 13.4. The zero-order valence-corrected chi connectivity index (χ0v) is 14.9. The molecule has 3 rings (SSSR count). The van der Waals surface area contributed by atoms with Crippen molar-refractivity contribution in [1.29, 1.82) is 0 Å². The summed E-state index contributed by atoms with van der Waals surface area (Å²) in [5, 5.41) is 3.65. The van der Waals surface area contributed by atoms with E-state index in [1.54, 1.807) is 29.3 Å². The third-order valence-electron chi connectivity index (χ3n) is 3.94. The van der Waals surface area contributed by atoms with Crippen LogP contribution in [0.4, 0.5) is 10.5 Å². The number of methoxy groups -OCH3 is 1. The van der Waals surface area contributed by atoms with E-state index in [2.05, 4.69) is 10.3 Å². The molecule has 0 radical (unpaired) electrons. The van der Waals surface area contributed by atoms with Gasteiger partial charge < -0.3 is 15.0 Å². The van der Waals surface area contributed by atoms with Gasteiger partial charge in [0, 0.05) is 34.7 Å². The Balaban J connectivity index is 1.84. The molecule has 2 heterocycles. The normalized spacial score (nSPS) is 13.2. The maximum atomic E-state index is 12.6. The lowest BCUT2D eigenvalue weighted by atomic mass is 9.97.